The standard InChI is InChI=1S/C55H33N11/c56-34-35-23-25-36(26-24-35)48-42-18-2-1-13-38(42)33-43(37-14-11-16-40(31-37)50-61-52(44-19-3-7-27-57-44)65-53(62-50)45-20-4-8-28-58-45)49(48)39-15-12-17-41(32-39)51-63-54(46-21-5-9-29-59-46)66-55(64-51)47-22-6-10-30-60-47/h1-33H. The molecule has 0 aliphatic carbocycles. The van der Waals surface area contributed by atoms with Gasteiger partial charge in [0.25, 0.3) is 0 Å². The first-order valence-electron chi connectivity index (χ1n) is 21.1. The second kappa shape index (κ2) is 17.3. The molecule has 0 saturated carbocycles. The molecule has 11 nitrogen and oxygen atoms in total. The Kier molecular flexibility index (Phi) is 10.3. The lowest BCUT2D eigenvalue weighted by Gasteiger charge is -2.20. The van der Waals surface area contributed by atoms with Crippen molar-refractivity contribution in [3.8, 4) is 108 Å². The van der Waals surface area contributed by atoms with Gasteiger partial charge in [-0.05, 0) is 123 Å². The van der Waals surface area contributed by atoms with Crippen molar-refractivity contribution in [3.63, 3.8) is 0 Å². The summed E-state index contributed by atoms with van der Waals surface area (Å²) in [5.74, 6) is 2.70. The molecule has 6 aromatic heterocycles. The van der Waals surface area contributed by atoms with Gasteiger partial charge in [-0.25, -0.2) is 29.9 Å². The van der Waals surface area contributed by atoms with Crippen molar-refractivity contribution in [2.45, 2.75) is 0 Å². The van der Waals surface area contributed by atoms with Crippen LogP contribution in [0.25, 0.3) is 113 Å². The van der Waals surface area contributed by atoms with Gasteiger partial charge in [0, 0.05) is 35.9 Å². The van der Waals surface area contributed by atoms with Gasteiger partial charge in [-0.2, -0.15) is 5.26 Å². The minimum absolute atomic E-state index is 0.434. The van der Waals surface area contributed by atoms with E-state index in [0.29, 0.717) is 63.3 Å². The molecule has 6 heterocycles. The van der Waals surface area contributed by atoms with Crippen molar-refractivity contribution in [1.82, 2.24) is 49.8 Å². The third-order valence-corrected chi connectivity index (χ3v) is 11.0. The van der Waals surface area contributed by atoms with Gasteiger partial charge in [0.1, 0.15) is 22.8 Å². The van der Waals surface area contributed by atoms with E-state index >= 15 is 0 Å². The molecule has 0 atom stereocenters. The van der Waals surface area contributed by atoms with Crippen molar-refractivity contribution in [1.29, 1.82) is 5.26 Å². The zero-order valence-corrected chi connectivity index (χ0v) is 35.0. The van der Waals surface area contributed by atoms with Crippen LogP contribution in [0.3, 0.4) is 0 Å². The second-order valence-electron chi connectivity index (χ2n) is 15.2. The van der Waals surface area contributed by atoms with E-state index in [4.69, 9.17) is 29.9 Å². The van der Waals surface area contributed by atoms with Gasteiger partial charge in [-0.1, -0.05) is 97.1 Å². The molecule has 0 spiro atoms. The fraction of sp³-hybridized carbons (Fsp3) is 0. The first-order valence-corrected chi connectivity index (χ1v) is 21.1. The van der Waals surface area contributed by atoms with Crippen LogP contribution >= 0.6 is 0 Å². The number of hydrogen-bond donors (Lipinski definition) is 0. The Labute approximate surface area is 379 Å². The quantitative estimate of drug-likeness (QED) is 0.136. The van der Waals surface area contributed by atoms with E-state index < -0.39 is 0 Å². The molecule has 11 heteroatoms. The molecule has 5 aromatic carbocycles. The summed E-state index contributed by atoms with van der Waals surface area (Å²) in [6.07, 6.45) is 6.89. The van der Waals surface area contributed by atoms with Crippen molar-refractivity contribution in [3.05, 3.63) is 206 Å². The SMILES string of the molecule is N#Cc1ccc(-c2c(-c3cccc(-c4nc(-c5ccccn5)nc(-c5ccccn5)n4)c3)c(-c3cccc(-c4nc(-c5ccccn5)nc(-c5ccccn5)n4)c3)cc3ccccc23)cc1. The summed E-state index contributed by atoms with van der Waals surface area (Å²) in [5, 5.41) is 11.9. The van der Waals surface area contributed by atoms with Gasteiger partial charge in [0.15, 0.2) is 34.9 Å². The highest BCUT2D eigenvalue weighted by Gasteiger charge is 2.22. The van der Waals surface area contributed by atoms with Crippen molar-refractivity contribution < 1.29 is 0 Å². The summed E-state index contributed by atoms with van der Waals surface area (Å²) in [7, 11) is 0. The van der Waals surface area contributed by atoms with E-state index in [-0.39, 0.29) is 0 Å². The Balaban J connectivity index is 1.14. The fourth-order valence-corrected chi connectivity index (χ4v) is 7.97. The zero-order chi connectivity index (χ0) is 44.2. The predicted octanol–water partition coefficient (Wildman–Crippen LogP) is 11.7. The van der Waals surface area contributed by atoms with Crippen LogP contribution in [0, 0.1) is 11.3 Å². The lowest BCUT2D eigenvalue weighted by molar-refractivity contribution is 1.05. The second-order valence-corrected chi connectivity index (χ2v) is 15.2. The molecule has 0 N–H and O–H groups in total. The number of benzene rings is 5. The minimum Gasteiger partial charge on any atom is -0.253 e. The Morgan fingerprint density at radius 2 is 0.742 bits per heavy atom. The molecule has 0 fully saturated rings. The van der Waals surface area contributed by atoms with Crippen LogP contribution in [0.15, 0.2) is 201 Å². The van der Waals surface area contributed by atoms with E-state index in [1.165, 1.54) is 0 Å². The number of pyridine rings is 4. The summed E-state index contributed by atoms with van der Waals surface area (Å²) >= 11 is 0. The number of nitriles is 1. The number of rotatable bonds is 9. The molecule has 11 aromatic rings. The van der Waals surface area contributed by atoms with E-state index in [2.05, 4.69) is 74.5 Å². The largest absolute Gasteiger partial charge is 0.253 e. The number of aromatic nitrogens is 10. The highest BCUT2D eigenvalue weighted by Crippen LogP contribution is 2.46. The highest BCUT2D eigenvalue weighted by atomic mass is 15.1. The molecule has 0 saturated heterocycles. The summed E-state index contributed by atoms with van der Waals surface area (Å²) < 4.78 is 0. The van der Waals surface area contributed by atoms with Crippen LogP contribution in [0.1, 0.15) is 5.56 Å². The van der Waals surface area contributed by atoms with Crippen LogP contribution in [0.2, 0.25) is 0 Å². The third kappa shape index (κ3) is 7.78. The molecule has 0 aliphatic heterocycles. The Morgan fingerprint density at radius 1 is 0.318 bits per heavy atom. The lowest BCUT2D eigenvalue weighted by atomic mass is 9.83. The van der Waals surface area contributed by atoms with Crippen LogP contribution in [-0.4, -0.2) is 49.8 Å². The zero-order valence-electron chi connectivity index (χ0n) is 35.0. The monoisotopic (exact) mass is 847 g/mol. The Hall–Kier alpha value is -9.53. The van der Waals surface area contributed by atoms with Gasteiger partial charge in [0.2, 0.25) is 0 Å². The van der Waals surface area contributed by atoms with Gasteiger partial charge in [-0.3, -0.25) is 19.9 Å². The minimum atomic E-state index is 0.434. The van der Waals surface area contributed by atoms with Crippen LogP contribution in [-0.2, 0) is 0 Å². The molecule has 66 heavy (non-hydrogen) atoms. The van der Waals surface area contributed by atoms with Gasteiger partial charge in [-0.15, -0.1) is 0 Å². The first kappa shape index (κ1) is 39.3. The maximum atomic E-state index is 9.81. The molecular weight excluding hydrogens is 815 g/mol. The lowest BCUT2D eigenvalue weighted by Crippen LogP contribution is -2.02. The molecule has 0 radical (unpaired) electrons. The Morgan fingerprint density at radius 3 is 1.21 bits per heavy atom. The maximum absolute atomic E-state index is 9.81. The van der Waals surface area contributed by atoms with Crippen LogP contribution in [0.5, 0.6) is 0 Å². The average Bonchev–Trinajstić information content (AvgIpc) is 3.41. The van der Waals surface area contributed by atoms with E-state index in [9.17, 15) is 5.26 Å². The molecule has 0 bridgehead atoms. The third-order valence-electron chi connectivity index (χ3n) is 11.0. The molecule has 308 valence electrons. The molecule has 0 unspecified atom stereocenters. The summed E-state index contributed by atoms with van der Waals surface area (Å²) in [5.41, 5.74) is 10.4. The molecule has 0 amide bonds. The van der Waals surface area contributed by atoms with E-state index in [1.807, 2.05) is 127 Å². The highest BCUT2D eigenvalue weighted by molar-refractivity contribution is 6.10. The van der Waals surface area contributed by atoms with Crippen molar-refractivity contribution in [2.24, 2.45) is 0 Å². The van der Waals surface area contributed by atoms with Gasteiger partial charge >= 0.3 is 0 Å². The average molecular weight is 848 g/mol. The smallest absolute Gasteiger partial charge is 0.182 e. The first-order chi connectivity index (χ1) is 32.6. The normalized spacial score (nSPS) is 11.0. The number of nitrogens with zero attached hydrogens (tertiary/aromatic N) is 11. The van der Waals surface area contributed by atoms with Gasteiger partial charge in [0.05, 0.1) is 11.6 Å². The van der Waals surface area contributed by atoms with Crippen molar-refractivity contribution in [2.75, 3.05) is 0 Å². The topological polar surface area (TPSA) is 153 Å². The Bertz CT molecular complexity index is 3470. The molecule has 0 aliphatic rings. The maximum Gasteiger partial charge on any atom is 0.182 e. The van der Waals surface area contributed by atoms with Crippen molar-refractivity contribution >= 4 is 10.8 Å². The molecular formula is C55H33N11. The fourth-order valence-electron chi connectivity index (χ4n) is 7.97. The van der Waals surface area contributed by atoms with Gasteiger partial charge < -0.3 is 0 Å². The number of fused-ring (bicyclic) bond motifs is 1. The van der Waals surface area contributed by atoms with Crippen LogP contribution < -0.4 is 0 Å². The molecule has 11 rings (SSSR count). The summed E-state index contributed by atoms with van der Waals surface area (Å²) in [6.45, 7) is 0. The number of hydrogen-bond acceptors (Lipinski definition) is 11. The van der Waals surface area contributed by atoms with E-state index in [0.717, 1.165) is 55.3 Å². The van der Waals surface area contributed by atoms with Crippen LogP contribution in [0.4, 0.5) is 0 Å². The summed E-state index contributed by atoms with van der Waals surface area (Å²) in [4.78, 5) is 47.9. The van der Waals surface area contributed by atoms with E-state index in [1.54, 1.807) is 24.8 Å². The summed E-state index contributed by atoms with van der Waals surface area (Å²) in [6, 6.07) is 59.8. The predicted molar refractivity (Wildman–Crippen MR) is 256 cm³/mol.